The summed E-state index contributed by atoms with van der Waals surface area (Å²) in [6.07, 6.45) is 8.53. The van der Waals surface area contributed by atoms with Gasteiger partial charge >= 0.3 is 6.09 Å². The van der Waals surface area contributed by atoms with E-state index in [1.165, 1.54) is 17.5 Å². The number of benzene rings is 2. The molecule has 2 aromatic carbocycles. The SMILES string of the molecule is CCCCOC(=O)N1CCC2(CC1)CCN(c1ccc(Nc3ncc(Cl)c(Nc4ccccc4N(C)S(C)(=O)=O)n3)c(OC)c1)CC2. The summed E-state index contributed by atoms with van der Waals surface area (Å²) >= 11 is 6.43. The van der Waals surface area contributed by atoms with Crippen LogP contribution in [0, 0.1) is 5.41 Å². The van der Waals surface area contributed by atoms with Crippen molar-refractivity contribution < 1.29 is 22.7 Å². The third-order valence-corrected chi connectivity index (χ3v) is 10.6. The van der Waals surface area contributed by atoms with Crippen molar-refractivity contribution in [3.63, 3.8) is 0 Å². The molecular formula is C33H44ClN7O5S. The van der Waals surface area contributed by atoms with Crippen LogP contribution in [0.5, 0.6) is 5.75 Å². The highest BCUT2D eigenvalue weighted by molar-refractivity contribution is 7.92. The number of hydrogen-bond donors (Lipinski definition) is 2. The van der Waals surface area contributed by atoms with Crippen LogP contribution in [0.25, 0.3) is 0 Å². The number of rotatable bonds is 11. The molecule has 2 fully saturated rings. The minimum Gasteiger partial charge on any atom is -0.494 e. The highest BCUT2D eigenvalue weighted by Gasteiger charge is 2.39. The molecule has 254 valence electrons. The van der Waals surface area contributed by atoms with Crippen LogP contribution in [0.2, 0.25) is 5.02 Å². The number of piperidine rings is 2. The Kier molecular flexibility index (Phi) is 10.9. The largest absolute Gasteiger partial charge is 0.494 e. The fraction of sp³-hybridized carbons (Fsp3) is 0.485. The van der Waals surface area contributed by atoms with Gasteiger partial charge in [-0.2, -0.15) is 4.98 Å². The van der Waals surface area contributed by atoms with Gasteiger partial charge in [0.2, 0.25) is 16.0 Å². The molecule has 0 aliphatic carbocycles. The van der Waals surface area contributed by atoms with E-state index in [4.69, 9.17) is 21.1 Å². The zero-order valence-corrected chi connectivity index (χ0v) is 29.0. The van der Waals surface area contributed by atoms with E-state index in [9.17, 15) is 13.2 Å². The maximum atomic E-state index is 12.4. The average molecular weight is 686 g/mol. The summed E-state index contributed by atoms with van der Waals surface area (Å²) in [7, 11) is -0.371. The van der Waals surface area contributed by atoms with Crippen molar-refractivity contribution in [1.82, 2.24) is 14.9 Å². The lowest BCUT2D eigenvalue weighted by Crippen LogP contribution is -2.48. The lowest BCUT2D eigenvalue weighted by atomic mass is 9.71. The Hall–Kier alpha value is -3.97. The summed E-state index contributed by atoms with van der Waals surface area (Å²) in [6, 6.07) is 13.0. The summed E-state index contributed by atoms with van der Waals surface area (Å²) in [5.41, 5.74) is 3.00. The predicted octanol–water partition coefficient (Wildman–Crippen LogP) is 6.64. The Morgan fingerprint density at radius 3 is 2.43 bits per heavy atom. The molecule has 2 aliphatic rings. The number of carbonyl (C=O) groups excluding carboxylic acids is 1. The Bertz CT molecular complexity index is 1660. The first-order valence-electron chi connectivity index (χ1n) is 16.0. The molecule has 2 N–H and O–H groups in total. The fourth-order valence-electron chi connectivity index (χ4n) is 6.07. The molecule has 12 nitrogen and oxygen atoms in total. The van der Waals surface area contributed by atoms with Crippen LogP contribution in [0.1, 0.15) is 45.4 Å². The predicted molar refractivity (Wildman–Crippen MR) is 187 cm³/mol. The third kappa shape index (κ3) is 8.31. The van der Waals surface area contributed by atoms with Gasteiger partial charge in [0, 0.05) is 45.0 Å². The van der Waals surface area contributed by atoms with Gasteiger partial charge in [-0.25, -0.2) is 18.2 Å². The van der Waals surface area contributed by atoms with E-state index in [-0.39, 0.29) is 22.5 Å². The van der Waals surface area contributed by atoms with Crippen molar-refractivity contribution in [2.45, 2.75) is 45.4 Å². The van der Waals surface area contributed by atoms with Crippen molar-refractivity contribution in [2.75, 3.05) is 73.0 Å². The first-order valence-corrected chi connectivity index (χ1v) is 18.2. The first kappa shape index (κ1) is 34.4. The molecule has 3 heterocycles. The molecule has 14 heteroatoms. The zero-order valence-electron chi connectivity index (χ0n) is 27.5. The van der Waals surface area contributed by atoms with Gasteiger partial charge in [0.05, 0.1) is 43.2 Å². The summed E-state index contributed by atoms with van der Waals surface area (Å²) in [6.45, 7) is 5.97. The Morgan fingerprint density at radius 1 is 1.04 bits per heavy atom. The molecule has 5 rings (SSSR count). The standard InChI is InChI=1S/C33H44ClN7O5S/c1-5-6-21-46-32(42)41-19-15-33(16-20-41)13-17-40(18-14-33)24-11-12-27(29(22-24)45-3)37-31-35-23-25(34)30(38-31)36-26-9-7-8-10-28(26)39(2)47(4,43)44/h7-12,22-23H,5-6,13-21H2,1-4H3,(H2,35,36,37,38). The molecule has 2 saturated heterocycles. The Morgan fingerprint density at radius 2 is 1.74 bits per heavy atom. The maximum Gasteiger partial charge on any atom is 0.409 e. The number of amides is 1. The van der Waals surface area contributed by atoms with Crippen LogP contribution in [0.15, 0.2) is 48.7 Å². The topological polar surface area (TPSA) is 129 Å². The number of anilines is 6. The van der Waals surface area contributed by atoms with E-state index in [0.717, 1.165) is 76.6 Å². The summed E-state index contributed by atoms with van der Waals surface area (Å²) in [5.74, 6) is 1.25. The van der Waals surface area contributed by atoms with E-state index < -0.39 is 10.0 Å². The van der Waals surface area contributed by atoms with Crippen molar-refractivity contribution >= 4 is 62.2 Å². The first-order chi connectivity index (χ1) is 22.5. The number of halogens is 1. The van der Waals surface area contributed by atoms with Crippen molar-refractivity contribution in [3.05, 3.63) is 53.7 Å². The average Bonchev–Trinajstić information content (AvgIpc) is 3.07. The third-order valence-electron chi connectivity index (χ3n) is 9.16. The fourth-order valence-corrected chi connectivity index (χ4v) is 6.73. The van der Waals surface area contributed by atoms with Gasteiger partial charge in [0.25, 0.3) is 0 Å². The summed E-state index contributed by atoms with van der Waals surface area (Å²) < 4.78 is 36.7. The molecule has 0 saturated carbocycles. The number of likely N-dealkylation sites (tertiary alicyclic amines) is 1. The second kappa shape index (κ2) is 14.8. The van der Waals surface area contributed by atoms with Gasteiger partial charge in [-0.15, -0.1) is 0 Å². The molecule has 2 aliphatic heterocycles. The molecule has 0 radical (unpaired) electrons. The number of para-hydroxylation sites is 2. The molecule has 3 aromatic rings. The number of aromatic nitrogens is 2. The van der Waals surface area contributed by atoms with Gasteiger partial charge in [-0.1, -0.05) is 37.1 Å². The van der Waals surface area contributed by atoms with E-state index in [1.54, 1.807) is 31.4 Å². The number of nitrogens with one attached hydrogen (secondary N) is 2. The van der Waals surface area contributed by atoms with Gasteiger partial charge in [0.15, 0.2) is 5.82 Å². The van der Waals surface area contributed by atoms with Crippen molar-refractivity contribution in [2.24, 2.45) is 5.41 Å². The highest BCUT2D eigenvalue weighted by Crippen LogP contribution is 2.43. The minimum absolute atomic E-state index is 0.175. The van der Waals surface area contributed by atoms with Gasteiger partial charge in [0.1, 0.15) is 10.8 Å². The molecule has 47 heavy (non-hydrogen) atoms. The molecule has 1 spiro atoms. The zero-order chi connectivity index (χ0) is 33.6. The summed E-state index contributed by atoms with van der Waals surface area (Å²) in [4.78, 5) is 25.6. The number of hydrogen-bond acceptors (Lipinski definition) is 10. The van der Waals surface area contributed by atoms with Crippen LogP contribution in [-0.2, 0) is 14.8 Å². The number of methoxy groups -OCH3 is 1. The van der Waals surface area contributed by atoms with Crippen molar-refractivity contribution in [1.29, 1.82) is 0 Å². The van der Waals surface area contributed by atoms with E-state index >= 15 is 0 Å². The second-order valence-electron chi connectivity index (χ2n) is 12.2. The molecule has 0 atom stereocenters. The Labute approximate surface area is 282 Å². The van der Waals surface area contributed by atoms with Crippen LogP contribution in [0.3, 0.4) is 0 Å². The van der Waals surface area contributed by atoms with Crippen LogP contribution in [0.4, 0.5) is 39.3 Å². The lowest BCUT2D eigenvalue weighted by molar-refractivity contribution is 0.0544. The lowest BCUT2D eigenvalue weighted by Gasteiger charge is -2.47. The highest BCUT2D eigenvalue weighted by atomic mass is 35.5. The van der Waals surface area contributed by atoms with Crippen LogP contribution >= 0.6 is 11.6 Å². The second-order valence-corrected chi connectivity index (χ2v) is 14.6. The van der Waals surface area contributed by atoms with E-state index in [0.29, 0.717) is 35.2 Å². The monoisotopic (exact) mass is 685 g/mol. The molecular weight excluding hydrogens is 642 g/mol. The molecule has 1 aromatic heterocycles. The van der Waals surface area contributed by atoms with Gasteiger partial charge in [-0.05, 0) is 61.8 Å². The normalized spacial score (nSPS) is 16.1. The maximum absolute atomic E-state index is 12.4. The number of nitrogens with zero attached hydrogens (tertiary/aromatic N) is 5. The Balaban J connectivity index is 1.22. The molecule has 0 bridgehead atoms. The van der Waals surface area contributed by atoms with E-state index in [2.05, 4.69) is 38.5 Å². The number of unbranched alkanes of at least 4 members (excludes halogenated alkanes) is 1. The van der Waals surface area contributed by atoms with E-state index in [1.807, 2.05) is 17.0 Å². The smallest absolute Gasteiger partial charge is 0.409 e. The number of sulfonamides is 1. The summed E-state index contributed by atoms with van der Waals surface area (Å²) in [5, 5.41) is 6.66. The van der Waals surface area contributed by atoms with Crippen molar-refractivity contribution in [3.8, 4) is 5.75 Å². The number of carbonyl (C=O) groups is 1. The van der Waals surface area contributed by atoms with Crippen LogP contribution in [-0.4, -0.2) is 82.6 Å². The quantitative estimate of drug-likeness (QED) is 0.212. The molecule has 0 unspecified atom stereocenters. The van der Waals surface area contributed by atoms with Gasteiger partial charge < -0.3 is 29.9 Å². The van der Waals surface area contributed by atoms with Crippen LogP contribution < -0.4 is 24.6 Å². The molecule has 1 amide bonds. The van der Waals surface area contributed by atoms with Gasteiger partial charge in [-0.3, -0.25) is 4.31 Å². The number of ether oxygens (including phenoxy) is 2. The minimum atomic E-state index is -3.48.